The van der Waals surface area contributed by atoms with Gasteiger partial charge >= 0.3 is 11.9 Å². The molecule has 6 rings (SSSR count). The van der Waals surface area contributed by atoms with Crippen LogP contribution >= 0.6 is 0 Å². The van der Waals surface area contributed by atoms with Crippen molar-refractivity contribution in [2.45, 2.75) is 34.6 Å². The average Bonchev–Trinajstić information content (AvgIpc) is 3.10. The Hall–Kier alpha value is -5.74. The Bertz CT molecular complexity index is 2210. The van der Waals surface area contributed by atoms with Crippen LogP contribution in [0, 0.1) is 27.7 Å². The number of rotatable bonds is 8. The third-order valence-corrected chi connectivity index (χ3v) is 8.66. The first-order valence-electron chi connectivity index (χ1n) is 16.5. The highest BCUT2D eigenvalue weighted by Gasteiger charge is 2.16. The summed E-state index contributed by atoms with van der Waals surface area (Å²) in [6, 6.07) is 41.5. The minimum absolute atomic E-state index is 0.308. The molecule has 0 aliphatic heterocycles. The number of methoxy groups -OCH3 is 1. The molecule has 0 saturated carbocycles. The SMILES string of the molecule is CCOC(=O)c1cc(-c2cccc(C)c2)cc(-c2cc(C)cc(-c3cc(C)cc(-c4cc(C(=O)OC)cc(-c5cccc(C)c5)c4)c3)c2)c1. The molecule has 0 N–H and O–H groups in total. The van der Waals surface area contributed by atoms with Crippen LogP contribution in [0.2, 0.25) is 0 Å². The van der Waals surface area contributed by atoms with Crippen molar-refractivity contribution in [1.29, 1.82) is 0 Å². The Morgan fingerprint density at radius 2 is 0.755 bits per heavy atom. The van der Waals surface area contributed by atoms with Crippen LogP contribution in [-0.2, 0) is 9.47 Å². The second-order valence-electron chi connectivity index (χ2n) is 12.7. The van der Waals surface area contributed by atoms with Crippen molar-refractivity contribution >= 4 is 11.9 Å². The molecule has 0 fully saturated rings. The molecular formula is C45H40O4. The van der Waals surface area contributed by atoms with E-state index in [0.29, 0.717) is 17.7 Å². The number of ether oxygens (including phenoxy) is 2. The summed E-state index contributed by atoms with van der Waals surface area (Å²) in [4.78, 5) is 25.8. The molecular weight excluding hydrogens is 604 g/mol. The molecule has 6 aromatic rings. The van der Waals surface area contributed by atoms with Gasteiger partial charge in [-0.05, 0) is 150 Å². The van der Waals surface area contributed by atoms with Crippen LogP contribution in [0.4, 0.5) is 0 Å². The topological polar surface area (TPSA) is 52.6 Å². The summed E-state index contributed by atoms with van der Waals surface area (Å²) in [7, 11) is 1.41. The minimum Gasteiger partial charge on any atom is -0.465 e. The highest BCUT2D eigenvalue weighted by Crippen LogP contribution is 2.36. The smallest absolute Gasteiger partial charge is 0.338 e. The van der Waals surface area contributed by atoms with Crippen molar-refractivity contribution in [3.8, 4) is 55.6 Å². The van der Waals surface area contributed by atoms with E-state index in [1.54, 1.807) is 0 Å². The zero-order chi connectivity index (χ0) is 34.7. The normalized spacial score (nSPS) is 10.9. The molecule has 0 heterocycles. The third-order valence-electron chi connectivity index (χ3n) is 8.66. The van der Waals surface area contributed by atoms with Crippen LogP contribution in [0.25, 0.3) is 55.6 Å². The fourth-order valence-electron chi connectivity index (χ4n) is 6.37. The molecule has 49 heavy (non-hydrogen) atoms. The Balaban J connectivity index is 1.47. The zero-order valence-electron chi connectivity index (χ0n) is 28.9. The van der Waals surface area contributed by atoms with Gasteiger partial charge in [0.15, 0.2) is 0 Å². The van der Waals surface area contributed by atoms with E-state index in [1.165, 1.54) is 7.11 Å². The van der Waals surface area contributed by atoms with Crippen LogP contribution in [0.15, 0.2) is 121 Å². The molecule has 0 unspecified atom stereocenters. The summed E-state index contributed by atoms with van der Waals surface area (Å²) in [6.45, 7) is 10.4. The zero-order valence-corrected chi connectivity index (χ0v) is 28.9. The Morgan fingerprint density at radius 3 is 1.10 bits per heavy atom. The molecule has 0 bridgehead atoms. The second-order valence-corrected chi connectivity index (χ2v) is 12.7. The predicted molar refractivity (Wildman–Crippen MR) is 200 cm³/mol. The Kier molecular flexibility index (Phi) is 9.59. The van der Waals surface area contributed by atoms with E-state index in [1.807, 2.05) is 43.3 Å². The quantitative estimate of drug-likeness (QED) is 0.155. The van der Waals surface area contributed by atoms with Crippen LogP contribution in [0.1, 0.15) is 49.9 Å². The summed E-state index contributed by atoms with van der Waals surface area (Å²) >= 11 is 0. The first kappa shape index (κ1) is 33.2. The molecule has 0 atom stereocenters. The minimum atomic E-state index is -0.373. The van der Waals surface area contributed by atoms with E-state index in [0.717, 1.165) is 77.9 Å². The number of aryl methyl sites for hydroxylation is 4. The van der Waals surface area contributed by atoms with Gasteiger partial charge in [0.05, 0.1) is 24.8 Å². The van der Waals surface area contributed by atoms with Gasteiger partial charge in [0.2, 0.25) is 0 Å². The molecule has 0 radical (unpaired) electrons. The van der Waals surface area contributed by atoms with Crippen molar-refractivity contribution in [2.75, 3.05) is 13.7 Å². The molecule has 0 saturated heterocycles. The van der Waals surface area contributed by atoms with E-state index in [-0.39, 0.29) is 11.9 Å². The van der Waals surface area contributed by atoms with Crippen molar-refractivity contribution in [1.82, 2.24) is 0 Å². The lowest BCUT2D eigenvalue weighted by Crippen LogP contribution is -2.05. The number of carbonyl (C=O) groups excluding carboxylic acids is 2. The van der Waals surface area contributed by atoms with Crippen molar-refractivity contribution < 1.29 is 19.1 Å². The standard InChI is InChI=1S/C45H40O4/c1-7-49-45(47)43-25-39(33-13-9-11-29(3)15-33)23-41(27-43)37-19-31(5)17-35(21-37)34-16-30(4)18-36(20-34)40-22-38(24-42(26-40)44(46)48-6)32-12-8-10-28(2)14-32/h8-27H,7H2,1-6H3. The van der Waals surface area contributed by atoms with Gasteiger partial charge in [-0.3, -0.25) is 0 Å². The van der Waals surface area contributed by atoms with Gasteiger partial charge in [-0.25, -0.2) is 9.59 Å². The van der Waals surface area contributed by atoms with E-state index >= 15 is 0 Å². The van der Waals surface area contributed by atoms with Crippen molar-refractivity contribution in [3.63, 3.8) is 0 Å². The summed E-state index contributed by atoms with van der Waals surface area (Å²) in [5.41, 5.74) is 15.5. The molecule has 4 heteroatoms. The fourth-order valence-corrected chi connectivity index (χ4v) is 6.37. The average molecular weight is 645 g/mol. The van der Waals surface area contributed by atoms with Crippen LogP contribution in [0.3, 0.4) is 0 Å². The largest absolute Gasteiger partial charge is 0.465 e. The molecule has 244 valence electrons. The Morgan fingerprint density at radius 1 is 0.429 bits per heavy atom. The first-order chi connectivity index (χ1) is 23.6. The van der Waals surface area contributed by atoms with Gasteiger partial charge in [-0.15, -0.1) is 0 Å². The highest BCUT2D eigenvalue weighted by atomic mass is 16.5. The van der Waals surface area contributed by atoms with E-state index in [2.05, 4.69) is 113 Å². The molecule has 6 aromatic carbocycles. The summed E-state index contributed by atoms with van der Waals surface area (Å²) in [5, 5.41) is 0. The first-order valence-corrected chi connectivity index (χ1v) is 16.5. The Labute approximate surface area is 289 Å². The predicted octanol–water partition coefficient (Wildman–Crippen LogP) is 11.2. The lowest BCUT2D eigenvalue weighted by molar-refractivity contribution is 0.0525. The second kappa shape index (κ2) is 14.2. The molecule has 0 aromatic heterocycles. The van der Waals surface area contributed by atoms with Gasteiger partial charge in [-0.1, -0.05) is 83.9 Å². The monoisotopic (exact) mass is 644 g/mol. The maximum absolute atomic E-state index is 13.0. The number of hydrogen-bond donors (Lipinski definition) is 0. The third kappa shape index (κ3) is 7.55. The molecule has 4 nitrogen and oxygen atoms in total. The number of carbonyl (C=O) groups is 2. The number of benzene rings is 6. The van der Waals surface area contributed by atoms with Crippen LogP contribution < -0.4 is 0 Å². The van der Waals surface area contributed by atoms with Gasteiger partial charge in [-0.2, -0.15) is 0 Å². The van der Waals surface area contributed by atoms with E-state index in [9.17, 15) is 9.59 Å². The molecule has 0 aliphatic rings. The number of esters is 2. The van der Waals surface area contributed by atoms with Crippen LogP contribution in [-0.4, -0.2) is 25.7 Å². The van der Waals surface area contributed by atoms with Gasteiger partial charge in [0, 0.05) is 0 Å². The van der Waals surface area contributed by atoms with Crippen molar-refractivity contribution in [2.24, 2.45) is 0 Å². The maximum Gasteiger partial charge on any atom is 0.338 e. The van der Waals surface area contributed by atoms with Gasteiger partial charge < -0.3 is 9.47 Å². The maximum atomic E-state index is 13.0. The lowest BCUT2D eigenvalue weighted by atomic mass is 9.90. The molecule has 0 aliphatic carbocycles. The molecule has 0 spiro atoms. The van der Waals surface area contributed by atoms with Gasteiger partial charge in [0.1, 0.15) is 0 Å². The van der Waals surface area contributed by atoms with E-state index in [4.69, 9.17) is 9.47 Å². The van der Waals surface area contributed by atoms with Crippen molar-refractivity contribution in [3.05, 3.63) is 155 Å². The summed E-state index contributed by atoms with van der Waals surface area (Å²) < 4.78 is 10.6. The summed E-state index contributed by atoms with van der Waals surface area (Å²) in [6.07, 6.45) is 0. The van der Waals surface area contributed by atoms with E-state index < -0.39 is 0 Å². The summed E-state index contributed by atoms with van der Waals surface area (Å²) in [5.74, 6) is -0.712. The fraction of sp³-hybridized carbons (Fsp3) is 0.156. The highest BCUT2D eigenvalue weighted by molar-refractivity contribution is 5.95. The number of hydrogen-bond acceptors (Lipinski definition) is 4. The lowest BCUT2D eigenvalue weighted by Gasteiger charge is -2.15. The van der Waals surface area contributed by atoms with Crippen LogP contribution in [0.5, 0.6) is 0 Å². The molecule has 0 amide bonds. The van der Waals surface area contributed by atoms with Gasteiger partial charge in [0.25, 0.3) is 0 Å².